The predicted octanol–water partition coefficient (Wildman–Crippen LogP) is 4.38. The van der Waals surface area contributed by atoms with Gasteiger partial charge in [0.05, 0.1) is 31.4 Å². The number of aliphatic hydroxyl groups is 1. The topological polar surface area (TPSA) is 79.3 Å². The summed E-state index contributed by atoms with van der Waals surface area (Å²) in [4.78, 5) is 30.2. The molecule has 35 heavy (non-hydrogen) atoms. The van der Waals surface area contributed by atoms with Crippen LogP contribution in [0.15, 0.2) is 58.6 Å². The number of morpholine rings is 1. The number of nitrogens with zero attached hydrogens (tertiary/aromatic N) is 2. The van der Waals surface area contributed by atoms with Gasteiger partial charge in [0, 0.05) is 36.2 Å². The van der Waals surface area contributed by atoms with Crippen LogP contribution in [-0.2, 0) is 14.3 Å². The van der Waals surface area contributed by atoms with E-state index in [1.165, 1.54) is 0 Å². The van der Waals surface area contributed by atoms with Crippen molar-refractivity contribution in [2.24, 2.45) is 0 Å². The largest absolute Gasteiger partial charge is 0.507 e. The molecule has 0 aliphatic carbocycles. The fourth-order valence-corrected chi connectivity index (χ4v) is 4.74. The molecule has 2 heterocycles. The molecule has 7 nitrogen and oxygen atoms in total. The SMILES string of the molecule is CCCOc1ccc(C2C(=C(O)c3ccc(Br)cc3)C(=O)C(=O)N2CCCN2CCOCC2)cc1. The van der Waals surface area contributed by atoms with Crippen LogP contribution in [0.1, 0.15) is 36.9 Å². The number of hydrogen-bond acceptors (Lipinski definition) is 6. The highest BCUT2D eigenvalue weighted by Gasteiger charge is 2.45. The average molecular weight is 543 g/mol. The predicted molar refractivity (Wildman–Crippen MR) is 137 cm³/mol. The Labute approximate surface area is 214 Å². The van der Waals surface area contributed by atoms with Crippen LogP contribution in [0.25, 0.3) is 5.76 Å². The molecule has 0 spiro atoms. The smallest absolute Gasteiger partial charge is 0.295 e. The van der Waals surface area contributed by atoms with Crippen LogP contribution < -0.4 is 4.74 Å². The first-order chi connectivity index (χ1) is 17.0. The van der Waals surface area contributed by atoms with Gasteiger partial charge in [-0.15, -0.1) is 0 Å². The lowest BCUT2D eigenvalue weighted by Gasteiger charge is -2.29. The minimum Gasteiger partial charge on any atom is -0.507 e. The van der Waals surface area contributed by atoms with E-state index in [9.17, 15) is 14.7 Å². The fraction of sp³-hybridized carbons (Fsp3) is 0.407. The molecule has 8 heteroatoms. The first kappa shape index (κ1) is 25.4. The molecule has 1 unspecified atom stereocenters. The Balaban J connectivity index is 1.64. The second-order valence-electron chi connectivity index (χ2n) is 8.72. The van der Waals surface area contributed by atoms with Gasteiger partial charge in [0.2, 0.25) is 0 Å². The van der Waals surface area contributed by atoms with Gasteiger partial charge in [-0.2, -0.15) is 0 Å². The lowest BCUT2D eigenvalue weighted by Crippen LogP contribution is -2.38. The monoisotopic (exact) mass is 542 g/mol. The number of benzene rings is 2. The number of hydrogen-bond donors (Lipinski definition) is 1. The third kappa shape index (κ3) is 5.94. The summed E-state index contributed by atoms with van der Waals surface area (Å²) >= 11 is 3.39. The van der Waals surface area contributed by atoms with E-state index in [0.29, 0.717) is 31.9 Å². The number of ketones is 1. The number of ether oxygens (including phenoxy) is 2. The molecule has 0 saturated carbocycles. The molecule has 2 saturated heterocycles. The number of Topliss-reactive ketones (excluding diaryl/α,β-unsaturated/α-hetero) is 1. The molecular formula is C27H31BrN2O5. The zero-order valence-corrected chi connectivity index (χ0v) is 21.5. The molecule has 1 atom stereocenters. The second kappa shape index (κ2) is 11.8. The summed E-state index contributed by atoms with van der Waals surface area (Å²) in [6.07, 6.45) is 1.62. The molecule has 1 amide bonds. The van der Waals surface area contributed by atoms with E-state index in [-0.39, 0.29) is 11.3 Å². The summed E-state index contributed by atoms with van der Waals surface area (Å²) in [5, 5.41) is 11.2. The maximum atomic E-state index is 13.2. The van der Waals surface area contributed by atoms with Crippen LogP contribution in [0, 0.1) is 0 Å². The van der Waals surface area contributed by atoms with Gasteiger partial charge in [0.15, 0.2) is 0 Å². The first-order valence-corrected chi connectivity index (χ1v) is 12.9. The summed E-state index contributed by atoms with van der Waals surface area (Å²) < 4.78 is 12.0. The standard InChI is InChI=1S/C27H31BrN2O5/c1-2-16-35-22-10-6-19(7-11-22)24-23(25(31)20-4-8-21(28)9-5-20)26(32)27(33)30(24)13-3-12-29-14-17-34-18-15-29/h4-11,24,31H,2-3,12-18H2,1H3. The van der Waals surface area contributed by atoms with Crippen LogP contribution in [0.2, 0.25) is 0 Å². The normalized spacial score (nSPS) is 20.4. The van der Waals surface area contributed by atoms with Crippen LogP contribution in [0.3, 0.4) is 0 Å². The first-order valence-electron chi connectivity index (χ1n) is 12.1. The van der Waals surface area contributed by atoms with Crippen molar-refractivity contribution in [3.8, 4) is 5.75 Å². The van der Waals surface area contributed by atoms with Gasteiger partial charge in [-0.05, 0) is 42.7 Å². The Kier molecular flexibility index (Phi) is 8.59. The number of amides is 1. The molecule has 1 N–H and O–H groups in total. The van der Waals surface area contributed by atoms with Crippen molar-refractivity contribution in [2.75, 3.05) is 46.0 Å². The number of halogens is 1. The minimum atomic E-state index is -0.663. The molecule has 2 aliphatic heterocycles. The molecule has 2 fully saturated rings. The molecule has 2 aromatic carbocycles. The van der Waals surface area contributed by atoms with E-state index >= 15 is 0 Å². The number of likely N-dealkylation sites (tertiary alicyclic amines) is 1. The van der Waals surface area contributed by atoms with Gasteiger partial charge in [-0.3, -0.25) is 14.5 Å². The Bertz CT molecular complexity index is 1060. The van der Waals surface area contributed by atoms with Crippen LogP contribution in [0.4, 0.5) is 0 Å². The van der Waals surface area contributed by atoms with Crippen molar-refractivity contribution < 1.29 is 24.2 Å². The van der Waals surface area contributed by atoms with Crippen molar-refractivity contribution >= 4 is 33.4 Å². The third-order valence-corrected chi connectivity index (χ3v) is 6.83. The van der Waals surface area contributed by atoms with E-state index in [0.717, 1.165) is 48.3 Å². The minimum absolute atomic E-state index is 0.117. The number of aliphatic hydroxyl groups excluding tert-OH is 1. The van der Waals surface area contributed by atoms with E-state index in [1.54, 1.807) is 29.2 Å². The van der Waals surface area contributed by atoms with Gasteiger partial charge in [0.25, 0.3) is 11.7 Å². The second-order valence-corrected chi connectivity index (χ2v) is 9.64. The summed E-state index contributed by atoms with van der Waals surface area (Å²) in [6, 6.07) is 13.8. The lowest BCUT2D eigenvalue weighted by molar-refractivity contribution is -0.140. The molecule has 0 bridgehead atoms. The maximum Gasteiger partial charge on any atom is 0.295 e. The van der Waals surface area contributed by atoms with Crippen molar-refractivity contribution in [2.45, 2.75) is 25.8 Å². The Hall–Kier alpha value is -2.68. The van der Waals surface area contributed by atoms with E-state index in [1.807, 2.05) is 31.2 Å². The molecule has 186 valence electrons. The molecular weight excluding hydrogens is 512 g/mol. The molecule has 4 rings (SSSR count). The van der Waals surface area contributed by atoms with Gasteiger partial charge < -0.3 is 19.5 Å². The maximum absolute atomic E-state index is 13.2. The molecule has 0 radical (unpaired) electrons. The number of rotatable bonds is 9. The summed E-state index contributed by atoms with van der Waals surface area (Å²) in [5.74, 6) is -0.675. The summed E-state index contributed by atoms with van der Waals surface area (Å²) in [5.41, 5.74) is 1.37. The van der Waals surface area contributed by atoms with E-state index < -0.39 is 17.7 Å². The van der Waals surface area contributed by atoms with Crippen LogP contribution >= 0.6 is 15.9 Å². The molecule has 2 aromatic rings. The van der Waals surface area contributed by atoms with Crippen LogP contribution in [-0.4, -0.2) is 72.6 Å². The Morgan fingerprint density at radius 1 is 1.06 bits per heavy atom. The van der Waals surface area contributed by atoms with Gasteiger partial charge in [0.1, 0.15) is 11.5 Å². The average Bonchev–Trinajstić information content (AvgIpc) is 3.13. The molecule has 0 aromatic heterocycles. The summed E-state index contributed by atoms with van der Waals surface area (Å²) in [7, 11) is 0. The third-order valence-electron chi connectivity index (χ3n) is 6.30. The van der Waals surface area contributed by atoms with Gasteiger partial charge in [-0.1, -0.05) is 47.1 Å². The zero-order chi connectivity index (χ0) is 24.8. The van der Waals surface area contributed by atoms with Crippen molar-refractivity contribution in [3.05, 3.63) is 69.7 Å². The van der Waals surface area contributed by atoms with Crippen molar-refractivity contribution in [1.82, 2.24) is 9.80 Å². The van der Waals surface area contributed by atoms with Crippen molar-refractivity contribution in [1.29, 1.82) is 0 Å². The number of carbonyl (C=O) groups is 2. The van der Waals surface area contributed by atoms with E-state index in [4.69, 9.17) is 9.47 Å². The van der Waals surface area contributed by atoms with Crippen LogP contribution in [0.5, 0.6) is 5.75 Å². The highest BCUT2D eigenvalue weighted by Crippen LogP contribution is 2.40. The fourth-order valence-electron chi connectivity index (χ4n) is 4.48. The Morgan fingerprint density at radius 3 is 2.40 bits per heavy atom. The van der Waals surface area contributed by atoms with Crippen molar-refractivity contribution in [3.63, 3.8) is 0 Å². The Morgan fingerprint density at radius 2 is 1.74 bits per heavy atom. The lowest BCUT2D eigenvalue weighted by atomic mass is 9.95. The zero-order valence-electron chi connectivity index (χ0n) is 19.9. The highest BCUT2D eigenvalue weighted by atomic mass is 79.9. The summed E-state index contributed by atoms with van der Waals surface area (Å²) in [6.45, 7) is 7.04. The van der Waals surface area contributed by atoms with E-state index in [2.05, 4.69) is 20.8 Å². The van der Waals surface area contributed by atoms with Gasteiger partial charge in [-0.25, -0.2) is 0 Å². The quantitative estimate of drug-likeness (QED) is 0.287. The highest BCUT2D eigenvalue weighted by molar-refractivity contribution is 9.10. The number of carbonyl (C=O) groups excluding carboxylic acids is 2. The molecule has 2 aliphatic rings. The van der Waals surface area contributed by atoms with Gasteiger partial charge >= 0.3 is 0 Å².